The Balaban J connectivity index is 2.62. The summed E-state index contributed by atoms with van der Waals surface area (Å²) in [5, 5.41) is 12.4. The molecular weight excluding hydrogens is 260 g/mol. The number of carboxylic acids is 1. The lowest BCUT2D eigenvalue weighted by molar-refractivity contribution is -0.168. The highest BCUT2D eigenvalue weighted by molar-refractivity contribution is 5.88. The van der Waals surface area contributed by atoms with Gasteiger partial charge in [0, 0.05) is 13.2 Å². The molecular formula is C9H10F4N2O3. The van der Waals surface area contributed by atoms with E-state index in [2.05, 4.69) is 9.84 Å². The summed E-state index contributed by atoms with van der Waals surface area (Å²) in [4.78, 5) is 10.7. The normalized spacial score (nSPS) is 12.1. The minimum absolute atomic E-state index is 0.102. The fraction of sp³-hybridized carbons (Fsp3) is 0.556. The topological polar surface area (TPSA) is 64.4 Å². The lowest BCUT2D eigenvalue weighted by Crippen LogP contribution is -2.32. The molecule has 0 saturated carbocycles. The molecule has 0 aliphatic rings. The number of carbonyl (C=O) groups is 1. The molecule has 9 heteroatoms. The molecule has 1 aromatic rings. The number of aromatic nitrogens is 2. The van der Waals surface area contributed by atoms with Gasteiger partial charge in [-0.1, -0.05) is 0 Å². The van der Waals surface area contributed by atoms with Crippen LogP contribution in [0.2, 0.25) is 0 Å². The maximum absolute atomic E-state index is 12.5. The highest BCUT2D eigenvalue weighted by Crippen LogP contribution is 2.23. The predicted octanol–water partition coefficient (Wildman–Crippen LogP) is 1.54. The Morgan fingerprint density at radius 1 is 1.61 bits per heavy atom. The van der Waals surface area contributed by atoms with Crippen LogP contribution >= 0.6 is 0 Å². The van der Waals surface area contributed by atoms with Gasteiger partial charge in [-0.05, 0) is 0 Å². The van der Waals surface area contributed by atoms with Crippen LogP contribution in [0.1, 0.15) is 16.1 Å². The summed E-state index contributed by atoms with van der Waals surface area (Å²) in [6.07, 6.45) is -2.67. The van der Waals surface area contributed by atoms with E-state index >= 15 is 0 Å². The molecule has 0 aliphatic heterocycles. The van der Waals surface area contributed by atoms with Crippen LogP contribution in [0.15, 0.2) is 6.20 Å². The van der Waals surface area contributed by atoms with Crippen molar-refractivity contribution in [3.05, 3.63) is 17.5 Å². The number of ether oxygens (including phenoxy) is 1. The molecule has 0 aromatic carbocycles. The van der Waals surface area contributed by atoms with Crippen LogP contribution in [0.3, 0.4) is 0 Å². The standard InChI is InChI=1S/C9H10F4N2O3/c1-15-2-5(7(16)17)6(14-15)3-18-4-9(12,13)8(10)11/h2,8H,3-4H2,1H3,(H,16,17). The van der Waals surface area contributed by atoms with Gasteiger partial charge in [-0.15, -0.1) is 0 Å². The van der Waals surface area contributed by atoms with Crippen LogP contribution < -0.4 is 0 Å². The summed E-state index contributed by atoms with van der Waals surface area (Å²) in [7, 11) is 1.43. The zero-order valence-corrected chi connectivity index (χ0v) is 9.24. The summed E-state index contributed by atoms with van der Waals surface area (Å²) in [6.45, 7) is -2.08. The van der Waals surface area contributed by atoms with E-state index in [-0.39, 0.29) is 11.3 Å². The zero-order valence-electron chi connectivity index (χ0n) is 9.24. The van der Waals surface area contributed by atoms with Gasteiger partial charge in [-0.2, -0.15) is 13.9 Å². The Bertz CT molecular complexity index is 433. The van der Waals surface area contributed by atoms with Gasteiger partial charge in [-0.3, -0.25) is 4.68 Å². The molecule has 0 fully saturated rings. The van der Waals surface area contributed by atoms with Gasteiger partial charge in [0.1, 0.15) is 17.9 Å². The highest BCUT2D eigenvalue weighted by atomic mass is 19.3. The van der Waals surface area contributed by atoms with Gasteiger partial charge < -0.3 is 9.84 Å². The molecule has 0 aliphatic carbocycles. The first-order valence-electron chi connectivity index (χ1n) is 4.73. The summed E-state index contributed by atoms with van der Waals surface area (Å²) < 4.78 is 54.1. The van der Waals surface area contributed by atoms with Crippen molar-refractivity contribution in [1.29, 1.82) is 0 Å². The second-order valence-electron chi connectivity index (χ2n) is 3.52. The minimum atomic E-state index is -4.27. The molecule has 0 spiro atoms. The second kappa shape index (κ2) is 5.34. The fourth-order valence-electron chi connectivity index (χ4n) is 1.17. The fourth-order valence-corrected chi connectivity index (χ4v) is 1.17. The number of halogens is 4. The summed E-state index contributed by atoms with van der Waals surface area (Å²) in [6, 6.07) is 0. The number of rotatable bonds is 6. The van der Waals surface area contributed by atoms with Crippen LogP contribution in [0.4, 0.5) is 17.6 Å². The molecule has 0 amide bonds. The molecule has 1 rings (SSSR count). The van der Waals surface area contributed by atoms with Gasteiger partial charge in [0.2, 0.25) is 0 Å². The quantitative estimate of drug-likeness (QED) is 0.796. The molecule has 0 bridgehead atoms. The SMILES string of the molecule is Cn1cc(C(=O)O)c(COCC(F)(F)C(F)F)n1. The van der Waals surface area contributed by atoms with Gasteiger partial charge >= 0.3 is 18.3 Å². The number of hydrogen-bond acceptors (Lipinski definition) is 3. The summed E-state index contributed by atoms with van der Waals surface area (Å²) in [5.74, 6) is -5.57. The Kier molecular flexibility index (Phi) is 4.28. The van der Waals surface area contributed by atoms with Crippen LogP contribution in [0.5, 0.6) is 0 Å². The lowest BCUT2D eigenvalue weighted by Gasteiger charge is -2.14. The molecule has 1 N–H and O–H groups in total. The molecule has 0 radical (unpaired) electrons. The Morgan fingerprint density at radius 3 is 2.72 bits per heavy atom. The molecule has 0 unspecified atom stereocenters. The summed E-state index contributed by atoms with van der Waals surface area (Å²) in [5.41, 5.74) is -0.326. The van der Waals surface area contributed by atoms with E-state index in [9.17, 15) is 22.4 Å². The van der Waals surface area contributed by atoms with E-state index in [1.54, 1.807) is 0 Å². The largest absolute Gasteiger partial charge is 0.478 e. The van der Waals surface area contributed by atoms with Crippen molar-refractivity contribution in [2.45, 2.75) is 19.0 Å². The van der Waals surface area contributed by atoms with E-state index in [0.717, 1.165) is 10.9 Å². The van der Waals surface area contributed by atoms with E-state index in [1.165, 1.54) is 7.05 Å². The van der Waals surface area contributed by atoms with Crippen LogP contribution in [-0.2, 0) is 18.4 Å². The smallest absolute Gasteiger partial charge is 0.339 e. The average molecular weight is 270 g/mol. The van der Waals surface area contributed by atoms with E-state index in [0.29, 0.717) is 0 Å². The van der Waals surface area contributed by atoms with Gasteiger partial charge in [-0.25, -0.2) is 13.6 Å². The Labute approximate surface area is 99.0 Å². The number of alkyl halides is 4. The molecule has 1 heterocycles. The number of aromatic carboxylic acids is 1. The first-order chi connectivity index (χ1) is 8.24. The second-order valence-corrected chi connectivity index (χ2v) is 3.52. The van der Waals surface area contributed by atoms with Crippen molar-refractivity contribution < 1.29 is 32.2 Å². The highest BCUT2D eigenvalue weighted by Gasteiger charge is 2.41. The van der Waals surface area contributed by atoms with Crippen LogP contribution in [-0.4, -0.2) is 39.8 Å². The predicted molar refractivity (Wildman–Crippen MR) is 50.8 cm³/mol. The van der Waals surface area contributed by atoms with E-state index < -0.39 is 31.5 Å². The van der Waals surface area contributed by atoms with Crippen molar-refractivity contribution in [2.75, 3.05) is 6.61 Å². The van der Waals surface area contributed by atoms with Crippen molar-refractivity contribution in [3.8, 4) is 0 Å². The maximum Gasteiger partial charge on any atom is 0.339 e. The first-order valence-corrected chi connectivity index (χ1v) is 4.73. The van der Waals surface area contributed by atoms with Gasteiger partial charge in [0.15, 0.2) is 0 Å². The average Bonchev–Trinajstić information content (AvgIpc) is 2.59. The minimum Gasteiger partial charge on any atom is -0.478 e. The zero-order chi connectivity index (χ0) is 13.9. The molecule has 0 saturated heterocycles. The van der Waals surface area contributed by atoms with Crippen molar-refractivity contribution in [2.24, 2.45) is 7.05 Å². The Hall–Kier alpha value is -1.64. The van der Waals surface area contributed by atoms with Crippen molar-refractivity contribution >= 4 is 5.97 Å². The molecule has 1 aromatic heterocycles. The first kappa shape index (κ1) is 14.4. The van der Waals surface area contributed by atoms with E-state index in [1.807, 2.05) is 0 Å². The molecule has 5 nitrogen and oxygen atoms in total. The van der Waals surface area contributed by atoms with E-state index in [4.69, 9.17) is 5.11 Å². The number of carboxylic acid groups (broad SMARTS) is 1. The summed E-state index contributed by atoms with van der Waals surface area (Å²) >= 11 is 0. The molecule has 0 atom stereocenters. The number of nitrogens with zero attached hydrogens (tertiary/aromatic N) is 2. The maximum atomic E-state index is 12.5. The van der Waals surface area contributed by atoms with Crippen LogP contribution in [0, 0.1) is 0 Å². The lowest BCUT2D eigenvalue weighted by atomic mass is 10.2. The third-order valence-corrected chi connectivity index (χ3v) is 1.99. The van der Waals surface area contributed by atoms with Crippen LogP contribution in [0.25, 0.3) is 0 Å². The third-order valence-electron chi connectivity index (χ3n) is 1.99. The van der Waals surface area contributed by atoms with Crippen molar-refractivity contribution in [1.82, 2.24) is 9.78 Å². The number of hydrogen-bond donors (Lipinski definition) is 1. The molecule has 18 heavy (non-hydrogen) atoms. The Morgan fingerprint density at radius 2 is 2.22 bits per heavy atom. The third kappa shape index (κ3) is 3.42. The molecule has 102 valence electrons. The number of aryl methyl sites for hydroxylation is 1. The van der Waals surface area contributed by atoms with Crippen molar-refractivity contribution in [3.63, 3.8) is 0 Å². The van der Waals surface area contributed by atoms with Gasteiger partial charge in [0.05, 0.1) is 6.61 Å². The van der Waals surface area contributed by atoms with Gasteiger partial charge in [0.25, 0.3) is 0 Å². The monoisotopic (exact) mass is 270 g/mol.